The predicted octanol–water partition coefficient (Wildman–Crippen LogP) is 1.70. The van der Waals surface area contributed by atoms with Crippen LogP contribution in [0.2, 0.25) is 0 Å². The normalized spacial score (nSPS) is 11.7. The smallest absolute Gasteiger partial charge is 0.327 e. The highest BCUT2D eigenvalue weighted by molar-refractivity contribution is 7.99. The lowest BCUT2D eigenvalue weighted by Gasteiger charge is -2.12. The number of carboxylic acids is 1. The number of hydrogen-bond acceptors (Lipinski definition) is 4. The first kappa shape index (κ1) is 16.4. The van der Waals surface area contributed by atoms with E-state index < -0.39 is 12.0 Å². The van der Waals surface area contributed by atoms with Crippen LogP contribution in [-0.2, 0) is 9.59 Å². The summed E-state index contributed by atoms with van der Waals surface area (Å²) in [4.78, 5) is 21.7. The summed E-state index contributed by atoms with van der Waals surface area (Å²) in [7, 11) is 0. The third-order valence-corrected chi connectivity index (χ3v) is 3.50. The van der Waals surface area contributed by atoms with Gasteiger partial charge in [0, 0.05) is 18.4 Å². The number of hydrogen-bond donors (Lipinski definition) is 2. The van der Waals surface area contributed by atoms with E-state index in [0.717, 1.165) is 5.75 Å². The fourth-order valence-electron chi connectivity index (χ4n) is 1.47. The molecular formula is C14H19NO4S. The number of thioether (sulfide) groups is 1. The average Bonchev–Trinajstić information content (AvgIpc) is 2.38. The van der Waals surface area contributed by atoms with E-state index in [1.165, 1.54) is 24.2 Å². The fraction of sp³-hybridized carbons (Fsp3) is 0.429. The third kappa shape index (κ3) is 6.47. The van der Waals surface area contributed by atoms with Crippen molar-refractivity contribution in [1.82, 2.24) is 5.32 Å². The lowest BCUT2D eigenvalue weighted by atomic mass is 10.2. The van der Waals surface area contributed by atoms with Crippen molar-refractivity contribution in [3.8, 4) is 5.75 Å². The Kier molecular flexibility index (Phi) is 6.93. The van der Waals surface area contributed by atoms with Gasteiger partial charge in [-0.15, -0.1) is 0 Å². The maximum Gasteiger partial charge on any atom is 0.327 e. The van der Waals surface area contributed by atoms with Crippen molar-refractivity contribution in [3.63, 3.8) is 0 Å². The molecule has 1 aromatic carbocycles. The second-order valence-corrected chi connectivity index (χ2v) is 5.48. The van der Waals surface area contributed by atoms with Crippen molar-refractivity contribution in [3.05, 3.63) is 29.8 Å². The molecule has 0 fully saturated rings. The zero-order valence-electron chi connectivity index (χ0n) is 11.6. The summed E-state index contributed by atoms with van der Waals surface area (Å²) in [6.07, 6.45) is 0. The monoisotopic (exact) mass is 297 g/mol. The molecule has 0 saturated heterocycles. The average molecular weight is 297 g/mol. The molecule has 2 N–H and O–H groups in total. The molecular weight excluding hydrogens is 278 g/mol. The zero-order valence-corrected chi connectivity index (χ0v) is 12.4. The minimum atomic E-state index is -1.02. The van der Waals surface area contributed by atoms with Gasteiger partial charge in [-0.3, -0.25) is 4.79 Å². The van der Waals surface area contributed by atoms with Crippen LogP contribution in [0.4, 0.5) is 0 Å². The van der Waals surface area contributed by atoms with Gasteiger partial charge in [-0.25, -0.2) is 4.79 Å². The first-order chi connectivity index (χ1) is 9.49. The van der Waals surface area contributed by atoms with Crippen LogP contribution in [0.1, 0.15) is 12.5 Å². The van der Waals surface area contributed by atoms with Crippen LogP contribution in [0.5, 0.6) is 5.75 Å². The molecule has 20 heavy (non-hydrogen) atoms. The van der Waals surface area contributed by atoms with Crippen LogP contribution in [-0.4, -0.2) is 41.1 Å². The van der Waals surface area contributed by atoms with E-state index in [1.807, 2.05) is 31.2 Å². The van der Waals surface area contributed by atoms with Gasteiger partial charge < -0.3 is 15.2 Å². The number of carbonyl (C=O) groups is 2. The highest BCUT2D eigenvalue weighted by atomic mass is 32.2. The van der Waals surface area contributed by atoms with Gasteiger partial charge in [0.1, 0.15) is 11.8 Å². The van der Waals surface area contributed by atoms with E-state index in [2.05, 4.69) is 5.32 Å². The van der Waals surface area contributed by atoms with Gasteiger partial charge in [-0.05, 0) is 19.1 Å². The largest absolute Gasteiger partial charge is 0.493 e. The second kappa shape index (κ2) is 8.47. The molecule has 0 aliphatic rings. The summed E-state index contributed by atoms with van der Waals surface area (Å²) in [5, 5.41) is 11.3. The van der Waals surface area contributed by atoms with Gasteiger partial charge in [-0.2, -0.15) is 11.8 Å². The standard InChI is InChI=1S/C14H19NO4S/c1-10-3-5-12(6-4-10)19-7-8-20-9-13(14(17)18)15-11(2)16/h3-6,13H,7-9H2,1-2H3,(H,15,16)(H,17,18)/t13-/m0/s1. The number of carbonyl (C=O) groups excluding carboxylic acids is 1. The summed E-state index contributed by atoms with van der Waals surface area (Å²) in [6.45, 7) is 3.81. The number of amides is 1. The first-order valence-electron chi connectivity index (χ1n) is 6.26. The molecule has 0 radical (unpaired) electrons. The molecule has 0 unspecified atom stereocenters. The van der Waals surface area contributed by atoms with Crippen LogP contribution in [0.25, 0.3) is 0 Å². The zero-order chi connectivity index (χ0) is 15.0. The van der Waals surface area contributed by atoms with Crippen LogP contribution in [0.15, 0.2) is 24.3 Å². The lowest BCUT2D eigenvalue weighted by molar-refractivity contribution is -0.140. The number of aliphatic carboxylic acids is 1. The fourth-order valence-corrected chi connectivity index (χ4v) is 2.30. The third-order valence-electron chi connectivity index (χ3n) is 2.48. The number of benzene rings is 1. The molecule has 1 aromatic rings. The molecule has 0 aromatic heterocycles. The van der Waals surface area contributed by atoms with Gasteiger partial charge in [0.05, 0.1) is 6.61 Å². The van der Waals surface area contributed by atoms with Crippen molar-refractivity contribution >= 4 is 23.6 Å². The van der Waals surface area contributed by atoms with Gasteiger partial charge in [0.25, 0.3) is 0 Å². The van der Waals surface area contributed by atoms with Gasteiger partial charge >= 0.3 is 5.97 Å². The molecule has 0 spiro atoms. The van der Waals surface area contributed by atoms with Gasteiger partial charge in [-0.1, -0.05) is 17.7 Å². The number of rotatable bonds is 8. The molecule has 0 aliphatic heterocycles. The van der Waals surface area contributed by atoms with Crippen molar-refractivity contribution < 1.29 is 19.4 Å². The number of nitrogens with one attached hydrogen (secondary N) is 1. The summed E-state index contributed by atoms with van der Waals surface area (Å²) in [5.41, 5.74) is 1.17. The Balaban J connectivity index is 2.21. The molecule has 6 heteroatoms. The van der Waals surface area contributed by atoms with Crippen molar-refractivity contribution in [2.45, 2.75) is 19.9 Å². The van der Waals surface area contributed by atoms with Crippen LogP contribution in [0.3, 0.4) is 0 Å². The van der Waals surface area contributed by atoms with Crippen LogP contribution < -0.4 is 10.1 Å². The molecule has 0 bridgehead atoms. The highest BCUT2D eigenvalue weighted by Gasteiger charge is 2.17. The van der Waals surface area contributed by atoms with Crippen molar-refractivity contribution in [1.29, 1.82) is 0 Å². The maximum absolute atomic E-state index is 10.9. The number of aryl methyl sites for hydroxylation is 1. The molecule has 1 amide bonds. The topological polar surface area (TPSA) is 75.6 Å². The Labute approximate surface area is 122 Å². The Morgan fingerprint density at radius 3 is 2.55 bits per heavy atom. The summed E-state index contributed by atoms with van der Waals surface area (Å²) in [6, 6.07) is 6.89. The van der Waals surface area contributed by atoms with E-state index >= 15 is 0 Å². The summed E-state index contributed by atoms with van der Waals surface area (Å²) in [5.74, 6) is 0.428. The Bertz CT molecular complexity index is 447. The van der Waals surface area contributed by atoms with Gasteiger partial charge in [0.2, 0.25) is 5.91 Å². The first-order valence-corrected chi connectivity index (χ1v) is 7.41. The number of carboxylic acid groups (broad SMARTS) is 1. The summed E-state index contributed by atoms with van der Waals surface area (Å²) < 4.78 is 5.53. The predicted molar refractivity (Wildman–Crippen MR) is 79.2 cm³/mol. The Morgan fingerprint density at radius 1 is 1.35 bits per heavy atom. The van der Waals surface area contributed by atoms with E-state index in [1.54, 1.807) is 0 Å². The van der Waals surface area contributed by atoms with Crippen molar-refractivity contribution in [2.24, 2.45) is 0 Å². The van der Waals surface area contributed by atoms with E-state index in [0.29, 0.717) is 18.1 Å². The maximum atomic E-state index is 10.9. The molecule has 110 valence electrons. The molecule has 0 aliphatic carbocycles. The van der Waals surface area contributed by atoms with E-state index in [-0.39, 0.29) is 5.91 Å². The van der Waals surface area contributed by atoms with E-state index in [4.69, 9.17) is 9.84 Å². The SMILES string of the molecule is CC(=O)N[C@@H](CSCCOc1ccc(C)cc1)C(=O)O. The molecule has 1 rings (SSSR count). The van der Waals surface area contributed by atoms with Crippen LogP contribution >= 0.6 is 11.8 Å². The number of ether oxygens (including phenoxy) is 1. The highest BCUT2D eigenvalue weighted by Crippen LogP contribution is 2.12. The second-order valence-electron chi connectivity index (χ2n) is 4.33. The molecule has 1 atom stereocenters. The van der Waals surface area contributed by atoms with Crippen LogP contribution in [0, 0.1) is 6.92 Å². The molecule has 5 nitrogen and oxygen atoms in total. The van der Waals surface area contributed by atoms with E-state index in [9.17, 15) is 9.59 Å². The summed E-state index contributed by atoms with van der Waals surface area (Å²) >= 11 is 1.43. The van der Waals surface area contributed by atoms with Gasteiger partial charge in [0.15, 0.2) is 0 Å². The quantitative estimate of drug-likeness (QED) is 0.714. The Hall–Kier alpha value is -1.69. The minimum Gasteiger partial charge on any atom is -0.493 e. The molecule has 0 saturated carbocycles. The van der Waals surface area contributed by atoms with Crippen molar-refractivity contribution in [2.75, 3.05) is 18.1 Å². The lowest BCUT2D eigenvalue weighted by Crippen LogP contribution is -2.41. The minimum absolute atomic E-state index is 0.326. The Morgan fingerprint density at radius 2 is 2.00 bits per heavy atom. The molecule has 0 heterocycles.